The van der Waals surface area contributed by atoms with Crippen LogP contribution in [0.5, 0.6) is 0 Å². The molecule has 0 amide bonds. The fourth-order valence-corrected chi connectivity index (χ4v) is 1.44. The second-order valence-corrected chi connectivity index (χ2v) is 3.18. The van der Waals surface area contributed by atoms with Crippen LogP contribution in [-0.4, -0.2) is 9.91 Å². The predicted molar refractivity (Wildman–Crippen MR) is 51.3 cm³/mol. The zero-order valence-corrected chi connectivity index (χ0v) is 8.75. The van der Waals surface area contributed by atoms with Crippen LogP contribution in [0.4, 0.5) is 14.6 Å². The maximum Gasteiger partial charge on any atom is 0.340 e. The van der Waals surface area contributed by atoms with Crippen LogP contribution in [0.2, 0.25) is 0 Å². The highest BCUT2D eigenvalue weighted by Crippen LogP contribution is 2.22. The molecule has 1 heterocycles. The third-order valence-electron chi connectivity index (χ3n) is 1.69. The number of pyridine rings is 1. The van der Waals surface area contributed by atoms with Gasteiger partial charge in [0, 0.05) is 5.33 Å². The van der Waals surface area contributed by atoms with E-state index in [0.29, 0.717) is 0 Å². The zero-order chi connectivity index (χ0) is 11.6. The first-order valence-electron chi connectivity index (χ1n) is 3.72. The molecule has 8 heteroatoms. The zero-order valence-electron chi connectivity index (χ0n) is 7.17. The van der Waals surface area contributed by atoms with Gasteiger partial charge in [0.25, 0.3) is 6.43 Å². The van der Waals surface area contributed by atoms with Crippen molar-refractivity contribution < 1.29 is 13.7 Å². The van der Waals surface area contributed by atoms with Gasteiger partial charge < -0.3 is 10.1 Å². The predicted octanol–water partition coefficient (Wildman–Crippen LogP) is 2.12. The number of H-pyrrole nitrogens is 1. The number of hydrogen-bond acceptors (Lipinski definition) is 3. The Morgan fingerprint density at radius 1 is 1.60 bits per heavy atom. The van der Waals surface area contributed by atoms with Crippen molar-refractivity contribution in [2.75, 3.05) is 0 Å². The minimum atomic E-state index is -2.95. The Balaban J connectivity index is 3.42. The summed E-state index contributed by atoms with van der Waals surface area (Å²) in [6.07, 6.45) is -2.95. The van der Waals surface area contributed by atoms with Crippen molar-refractivity contribution in [2.24, 2.45) is 0 Å². The van der Waals surface area contributed by atoms with E-state index in [2.05, 4.69) is 15.9 Å². The second kappa shape index (κ2) is 4.47. The lowest BCUT2D eigenvalue weighted by molar-refractivity contribution is -0.390. The minimum absolute atomic E-state index is 0.00917. The molecule has 0 aliphatic rings. The molecule has 1 aromatic heterocycles. The van der Waals surface area contributed by atoms with Gasteiger partial charge in [0.2, 0.25) is 0 Å². The Kier molecular flexibility index (Phi) is 3.51. The first-order chi connectivity index (χ1) is 6.97. The molecular weight excluding hydrogens is 278 g/mol. The molecule has 0 aromatic carbocycles. The minimum Gasteiger partial charge on any atom is -0.358 e. The highest BCUT2D eigenvalue weighted by Gasteiger charge is 2.21. The van der Waals surface area contributed by atoms with Gasteiger partial charge in [0.05, 0.1) is 5.56 Å². The summed E-state index contributed by atoms with van der Waals surface area (Å²) in [6.45, 7) is 0. The van der Waals surface area contributed by atoms with Crippen LogP contribution in [0.25, 0.3) is 0 Å². The Morgan fingerprint density at radius 3 is 2.60 bits per heavy atom. The van der Waals surface area contributed by atoms with Crippen LogP contribution in [0.15, 0.2) is 10.9 Å². The number of alkyl halides is 3. The molecule has 0 atom stereocenters. The number of halogens is 3. The number of hydrogen-bond donors (Lipinski definition) is 1. The van der Waals surface area contributed by atoms with E-state index >= 15 is 0 Å². The number of nitrogens with one attached hydrogen (secondary N) is 1. The Bertz CT molecular complexity index is 446. The summed E-state index contributed by atoms with van der Waals surface area (Å²) in [5.41, 5.74) is -1.90. The van der Waals surface area contributed by atoms with Gasteiger partial charge in [-0.2, -0.15) is 0 Å². The van der Waals surface area contributed by atoms with E-state index in [9.17, 15) is 23.7 Å². The SMILES string of the molecule is O=c1[nH]c([N+](=O)[O-])c(CBr)cc1C(F)F. The van der Waals surface area contributed by atoms with Crippen LogP contribution in [0.3, 0.4) is 0 Å². The van der Waals surface area contributed by atoms with Gasteiger partial charge in [-0.1, -0.05) is 15.9 Å². The molecule has 0 saturated heterocycles. The lowest BCUT2D eigenvalue weighted by Gasteiger charge is -2.02. The molecule has 82 valence electrons. The lowest BCUT2D eigenvalue weighted by Crippen LogP contribution is -2.16. The molecule has 1 aromatic rings. The molecular formula is C7H5BrF2N2O3. The van der Waals surface area contributed by atoms with E-state index in [4.69, 9.17) is 0 Å². The highest BCUT2D eigenvalue weighted by atomic mass is 79.9. The molecule has 0 radical (unpaired) electrons. The van der Waals surface area contributed by atoms with E-state index in [-0.39, 0.29) is 10.9 Å². The third kappa shape index (κ3) is 2.38. The molecule has 0 spiro atoms. The monoisotopic (exact) mass is 282 g/mol. The summed E-state index contributed by atoms with van der Waals surface area (Å²) in [7, 11) is 0. The first kappa shape index (κ1) is 11.8. The van der Waals surface area contributed by atoms with Crippen molar-refractivity contribution in [3.05, 3.63) is 37.7 Å². The van der Waals surface area contributed by atoms with Gasteiger partial charge in [-0.3, -0.25) is 0 Å². The van der Waals surface area contributed by atoms with Crippen LogP contribution >= 0.6 is 15.9 Å². The van der Waals surface area contributed by atoms with E-state index in [1.807, 2.05) is 4.98 Å². The van der Waals surface area contributed by atoms with Crippen molar-refractivity contribution in [1.82, 2.24) is 4.98 Å². The molecule has 1 rings (SSSR count). The molecule has 0 bridgehead atoms. The molecule has 5 nitrogen and oxygen atoms in total. The average molecular weight is 283 g/mol. The van der Waals surface area contributed by atoms with Gasteiger partial charge in [-0.25, -0.2) is 18.6 Å². The molecule has 0 aliphatic heterocycles. The molecule has 0 saturated carbocycles. The summed E-state index contributed by atoms with van der Waals surface area (Å²) >= 11 is 2.91. The van der Waals surface area contributed by atoms with E-state index in [1.165, 1.54) is 0 Å². The number of rotatable bonds is 3. The maximum atomic E-state index is 12.3. The van der Waals surface area contributed by atoms with Crippen molar-refractivity contribution in [3.63, 3.8) is 0 Å². The Labute approximate surface area is 90.4 Å². The summed E-state index contributed by atoms with van der Waals surface area (Å²) in [4.78, 5) is 22.4. The van der Waals surface area contributed by atoms with Crippen molar-refractivity contribution >= 4 is 21.7 Å². The van der Waals surface area contributed by atoms with Crippen molar-refractivity contribution in [3.8, 4) is 0 Å². The van der Waals surface area contributed by atoms with E-state index in [0.717, 1.165) is 6.07 Å². The quantitative estimate of drug-likeness (QED) is 0.524. The van der Waals surface area contributed by atoms with Crippen molar-refractivity contribution in [1.29, 1.82) is 0 Å². The number of nitro groups is 1. The normalized spacial score (nSPS) is 10.7. The van der Waals surface area contributed by atoms with Crippen LogP contribution < -0.4 is 5.56 Å². The Hall–Kier alpha value is -1.31. The standard InChI is InChI=1S/C7H5BrF2N2O3/c8-2-3-1-4(5(9)10)7(13)11-6(3)12(14)15/h1,5H,2H2,(H,11,13). The fourth-order valence-electron chi connectivity index (χ4n) is 1.01. The van der Waals surface area contributed by atoms with Gasteiger partial charge in [-0.15, -0.1) is 0 Å². The molecule has 0 unspecified atom stereocenters. The highest BCUT2D eigenvalue weighted by molar-refractivity contribution is 9.08. The smallest absolute Gasteiger partial charge is 0.340 e. The topological polar surface area (TPSA) is 76.0 Å². The second-order valence-electron chi connectivity index (χ2n) is 2.62. The van der Waals surface area contributed by atoms with Gasteiger partial charge in [-0.05, 0) is 11.0 Å². The number of aromatic amines is 1. The molecule has 0 aliphatic carbocycles. The summed E-state index contributed by atoms with van der Waals surface area (Å²) < 4.78 is 24.5. The third-order valence-corrected chi connectivity index (χ3v) is 2.29. The van der Waals surface area contributed by atoms with Crippen LogP contribution in [-0.2, 0) is 5.33 Å². The molecule has 1 N–H and O–H groups in total. The molecule has 0 fully saturated rings. The Morgan fingerprint density at radius 2 is 2.20 bits per heavy atom. The number of nitrogens with zero attached hydrogens (tertiary/aromatic N) is 1. The maximum absolute atomic E-state index is 12.3. The van der Waals surface area contributed by atoms with Crippen LogP contribution in [0.1, 0.15) is 17.6 Å². The summed E-state index contributed by atoms with van der Waals surface area (Å²) in [6, 6.07) is 0.830. The first-order valence-corrected chi connectivity index (χ1v) is 4.84. The van der Waals surface area contributed by atoms with Gasteiger partial charge in [0.15, 0.2) is 0 Å². The van der Waals surface area contributed by atoms with E-state index < -0.39 is 28.3 Å². The molecule has 15 heavy (non-hydrogen) atoms. The lowest BCUT2D eigenvalue weighted by atomic mass is 10.2. The van der Waals surface area contributed by atoms with Crippen molar-refractivity contribution in [2.45, 2.75) is 11.8 Å². The number of aromatic nitrogens is 1. The van der Waals surface area contributed by atoms with E-state index in [1.54, 1.807) is 0 Å². The fraction of sp³-hybridized carbons (Fsp3) is 0.286. The van der Waals surface area contributed by atoms with Gasteiger partial charge >= 0.3 is 11.4 Å². The average Bonchev–Trinajstić information content (AvgIpc) is 2.16. The van der Waals surface area contributed by atoms with Crippen LogP contribution in [0, 0.1) is 10.1 Å². The largest absolute Gasteiger partial charge is 0.358 e. The summed E-state index contributed by atoms with van der Waals surface area (Å²) in [5.74, 6) is -0.568. The van der Waals surface area contributed by atoms with Gasteiger partial charge in [0.1, 0.15) is 5.56 Å². The summed E-state index contributed by atoms with van der Waals surface area (Å²) in [5, 5.41) is 10.5.